The van der Waals surface area contributed by atoms with Crippen LogP contribution in [0.2, 0.25) is 0 Å². The molecule has 0 amide bonds. The van der Waals surface area contributed by atoms with Crippen molar-refractivity contribution in [3.8, 4) is 5.75 Å². The minimum atomic E-state index is 0.586. The van der Waals surface area contributed by atoms with Crippen molar-refractivity contribution >= 4 is 5.69 Å². The first-order valence-electron chi connectivity index (χ1n) is 5.79. The van der Waals surface area contributed by atoms with Gasteiger partial charge in [0.15, 0.2) is 0 Å². The Bertz CT molecular complexity index is 332. The first-order valence-corrected chi connectivity index (χ1v) is 5.79. The first kappa shape index (κ1) is 11.3. The Labute approximate surface area is 97.4 Å². The molecule has 1 aromatic carbocycles. The van der Waals surface area contributed by atoms with Gasteiger partial charge in [0, 0.05) is 23.9 Å². The molecule has 1 aliphatic heterocycles. The summed E-state index contributed by atoms with van der Waals surface area (Å²) >= 11 is 0. The topological polar surface area (TPSA) is 24.5 Å². The number of anilines is 1. The van der Waals surface area contributed by atoms with Crippen LogP contribution < -0.4 is 10.1 Å². The number of benzene rings is 1. The average Bonchev–Trinajstić information content (AvgIpc) is 2.32. The molecule has 1 aliphatic rings. The van der Waals surface area contributed by atoms with Gasteiger partial charge in [-0.3, -0.25) is 0 Å². The molecule has 0 saturated carbocycles. The zero-order valence-corrected chi connectivity index (χ0v) is 9.99. The molecule has 1 fully saturated rings. The van der Waals surface area contributed by atoms with Crippen LogP contribution in [0.4, 0.5) is 5.69 Å². The van der Waals surface area contributed by atoms with Crippen molar-refractivity contribution in [2.75, 3.05) is 32.6 Å². The van der Waals surface area contributed by atoms with Crippen LogP contribution in [0.15, 0.2) is 18.2 Å². The summed E-state index contributed by atoms with van der Waals surface area (Å²) in [6.07, 6.45) is 2.41. The molecular weight excluding hydrogens is 200 g/mol. The first-order chi connectivity index (χ1) is 7.78. The number of nitrogens with zero attached hydrogens (tertiary/aromatic N) is 1. The molecular formula is C13H19N2O. The van der Waals surface area contributed by atoms with E-state index < -0.39 is 0 Å². The third kappa shape index (κ3) is 2.89. The molecule has 3 nitrogen and oxygen atoms in total. The number of piperidine rings is 1. The van der Waals surface area contributed by atoms with Crippen molar-refractivity contribution in [3.63, 3.8) is 0 Å². The molecule has 2 rings (SSSR count). The highest BCUT2D eigenvalue weighted by atomic mass is 16.5. The third-order valence-corrected chi connectivity index (χ3v) is 3.08. The zero-order valence-electron chi connectivity index (χ0n) is 9.99. The summed E-state index contributed by atoms with van der Waals surface area (Å²) in [5.41, 5.74) is 1.13. The fourth-order valence-corrected chi connectivity index (χ4v) is 2.04. The summed E-state index contributed by atoms with van der Waals surface area (Å²) in [4.78, 5) is 2.37. The lowest BCUT2D eigenvalue weighted by Gasteiger charge is -2.30. The Hall–Kier alpha value is -1.22. The minimum Gasteiger partial charge on any atom is -0.496 e. The highest BCUT2D eigenvalue weighted by Gasteiger charge is 2.16. The van der Waals surface area contributed by atoms with E-state index >= 15 is 0 Å². The Kier molecular flexibility index (Phi) is 3.67. The number of methoxy groups -OCH3 is 1. The number of ether oxygens (including phenoxy) is 1. The van der Waals surface area contributed by atoms with Gasteiger partial charge in [0.1, 0.15) is 5.75 Å². The molecule has 1 heterocycles. The van der Waals surface area contributed by atoms with Gasteiger partial charge >= 0.3 is 0 Å². The van der Waals surface area contributed by atoms with E-state index in [0.29, 0.717) is 6.04 Å². The SMILES string of the molecule is COc1[c]ccc(NC2CCN(C)CC2)c1. The lowest BCUT2D eigenvalue weighted by Crippen LogP contribution is -2.36. The van der Waals surface area contributed by atoms with Crippen LogP contribution >= 0.6 is 0 Å². The van der Waals surface area contributed by atoms with Gasteiger partial charge in [-0.1, -0.05) is 0 Å². The van der Waals surface area contributed by atoms with Gasteiger partial charge in [-0.05, 0) is 45.1 Å². The van der Waals surface area contributed by atoms with Crippen LogP contribution in [0.5, 0.6) is 5.75 Å². The summed E-state index contributed by atoms with van der Waals surface area (Å²) in [5.74, 6) is 0.790. The zero-order chi connectivity index (χ0) is 11.4. The average molecular weight is 219 g/mol. The summed E-state index contributed by atoms with van der Waals surface area (Å²) in [6.45, 7) is 2.35. The molecule has 1 aromatic rings. The molecule has 0 atom stereocenters. The Morgan fingerprint density at radius 3 is 2.88 bits per heavy atom. The van der Waals surface area contributed by atoms with Crippen LogP contribution in [0.3, 0.4) is 0 Å². The number of hydrogen-bond acceptors (Lipinski definition) is 3. The molecule has 0 aromatic heterocycles. The maximum absolute atomic E-state index is 5.16. The molecule has 0 unspecified atom stereocenters. The van der Waals surface area contributed by atoms with Crippen LogP contribution in [-0.4, -0.2) is 38.2 Å². The maximum atomic E-state index is 5.16. The lowest BCUT2D eigenvalue weighted by molar-refractivity contribution is 0.264. The van der Waals surface area contributed by atoms with Crippen LogP contribution in [0.1, 0.15) is 12.8 Å². The van der Waals surface area contributed by atoms with Gasteiger partial charge < -0.3 is 15.0 Å². The molecule has 1 N–H and O–H groups in total. The minimum absolute atomic E-state index is 0.586. The summed E-state index contributed by atoms with van der Waals surface area (Å²) in [7, 11) is 3.85. The van der Waals surface area contributed by atoms with Gasteiger partial charge in [0.25, 0.3) is 0 Å². The van der Waals surface area contributed by atoms with Crippen molar-refractivity contribution in [2.45, 2.75) is 18.9 Å². The van der Waals surface area contributed by atoms with Gasteiger partial charge in [0.05, 0.1) is 7.11 Å². The van der Waals surface area contributed by atoms with E-state index in [1.165, 1.54) is 25.9 Å². The van der Waals surface area contributed by atoms with Crippen molar-refractivity contribution < 1.29 is 4.74 Å². The highest BCUT2D eigenvalue weighted by molar-refractivity contribution is 5.48. The Morgan fingerprint density at radius 1 is 1.44 bits per heavy atom. The summed E-state index contributed by atoms with van der Waals surface area (Å²) in [5, 5.41) is 3.55. The van der Waals surface area contributed by atoms with E-state index in [0.717, 1.165) is 11.4 Å². The van der Waals surface area contributed by atoms with Crippen molar-refractivity contribution in [1.29, 1.82) is 0 Å². The fraction of sp³-hybridized carbons (Fsp3) is 0.538. The molecule has 1 saturated heterocycles. The molecule has 0 aliphatic carbocycles. The smallest absolute Gasteiger partial charge is 0.128 e. The van der Waals surface area contributed by atoms with Crippen LogP contribution in [0.25, 0.3) is 0 Å². The van der Waals surface area contributed by atoms with Gasteiger partial charge in [0.2, 0.25) is 0 Å². The number of nitrogens with one attached hydrogen (secondary N) is 1. The van der Waals surface area contributed by atoms with E-state index in [1.54, 1.807) is 7.11 Å². The van der Waals surface area contributed by atoms with Crippen molar-refractivity contribution in [1.82, 2.24) is 4.90 Å². The number of likely N-dealkylation sites (tertiary alicyclic amines) is 1. The number of rotatable bonds is 3. The van der Waals surface area contributed by atoms with E-state index in [-0.39, 0.29) is 0 Å². The second-order valence-corrected chi connectivity index (χ2v) is 4.37. The van der Waals surface area contributed by atoms with E-state index in [4.69, 9.17) is 4.74 Å². The van der Waals surface area contributed by atoms with Crippen molar-refractivity contribution in [3.05, 3.63) is 24.3 Å². The molecule has 0 spiro atoms. The van der Waals surface area contributed by atoms with E-state index in [9.17, 15) is 0 Å². The van der Waals surface area contributed by atoms with Crippen LogP contribution in [-0.2, 0) is 0 Å². The predicted molar refractivity (Wildman–Crippen MR) is 66.0 cm³/mol. The predicted octanol–water partition coefficient (Wildman–Crippen LogP) is 2.00. The molecule has 87 valence electrons. The fourth-order valence-electron chi connectivity index (χ4n) is 2.04. The normalized spacial score (nSPS) is 18.4. The Balaban J connectivity index is 1.93. The van der Waals surface area contributed by atoms with Gasteiger partial charge in [-0.2, -0.15) is 0 Å². The monoisotopic (exact) mass is 219 g/mol. The molecule has 16 heavy (non-hydrogen) atoms. The molecule has 1 radical (unpaired) electrons. The summed E-state index contributed by atoms with van der Waals surface area (Å²) < 4.78 is 5.16. The second-order valence-electron chi connectivity index (χ2n) is 4.37. The van der Waals surface area contributed by atoms with E-state index in [1.807, 2.05) is 18.2 Å². The lowest BCUT2D eigenvalue weighted by atomic mass is 10.1. The largest absolute Gasteiger partial charge is 0.496 e. The molecule has 0 bridgehead atoms. The Morgan fingerprint density at radius 2 is 2.19 bits per heavy atom. The second kappa shape index (κ2) is 5.21. The highest BCUT2D eigenvalue weighted by Crippen LogP contribution is 2.19. The van der Waals surface area contributed by atoms with Gasteiger partial charge in [-0.15, -0.1) is 0 Å². The number of hydrogen-bond donors (Lipinski definition) is 1. The van der Waals surface area contributed by atoms with Crippen LogP contribution in [0, 0.1) is 6.07 Å². The quantitative estimate of drug-likeness (QED) is 0.841. The summed E-state index contributed by atoms with van der Waals surface area (Å²) in [6, 6.07) is 9.56. The standard InChI is InChI=1S/C13H19N2O/c1-15-8-6-11(7-9-15)14-12-4-3-5-13(10-12)16-2/h3-4,10-11,14H,6-9H2,1-2H3. The molecule has 3 heteroatoms. The van der Waals surface area contributed by atoms with E-state index in [2.05, 4.69) is 23.3 Å². The maximum Gasteiger partial charge on any atom is 0.128 e. The van der Waals surface area contributed by atoms with Gasteiger partial charge in [-0.25, -0.2) is 0 Å². The van der Waals surface area contributed by atoms with Crippen molar-refractivity contribution in [2.24, 2.45) is 0 Å². The third-order valence-electron chi connectivity index (χ3n) is 3.08.